The van der Waals surface area contributed by atoms with Crippen molar-refractivity contribution in [2.45, 2.75) is 25.3 Å². The lowest BCUT2D eigenvalue weighted by Crippen LogP contribution is -2.47. The summed E-state index contributed by atoms with van der Waals surface area (Å²) in [4.78, 5) is 34.5. The number of nitro groups is 1. The lowest BCUT2D eigenvalue weighted by atomic mass is 10.0. The quantitative estimate of drug-likeness (QED) is 0.558. The van der Waals surface area contributed by atoms with Gasteiger partial charge in [0.15, 0.2) is 0 Å². The van der Waals surface area contributed by atoms with E-state index in [9.17, 15) is 19.7 Å². The smallest absolute Gasteiger partial charge is 0.269 e. The van der Waals surface area contributed by atoms with Gasteiger partial charge in [-0.15, -0.1) is 0 Å². The summed E-state index contributed by atoms with van der Waals surface area (Å²) in [6.07, 6.45) is 1.12. The zero-order valence-electron chi connectivity index (χ0n) is 14.5. The molecule has 0 unspecified atom stereocenters. The first-order chi connectivity index (χ1) is 12.5. The number of carbonyl (C=O) groups excluding carboxylic acids is 2. The second-order valence-corrected chi connectivity index (χ2v) is 5.85. The lowest BCUT2D eigenvalue weighted by Gasteiger charge is -2.17. The van der Waals surface area contributed by atoms with Gasteiger partial charge in [-0.3, -0.25) is 19.7 Å². The molecule has 0 saturated heterocycles. The first kappa shape index (κ1) is 19.1. The summed E-state index contributed by atoms with van der Waals surface area (Å²) in [7, 11) is 1.50. The third-order valence-electron chi connectivity index (χ3n) is 3.97. The van der Waals surface area contributed by atoms with Crippen LogP contribution in [0.25, 0.3) is 0 Å². The van der Waals surface area contributed by atoms with Crippen molar-refractivity contribution in [1.29, 1.82) is 0 Å². The molecular weight excluding hydrogens is 334 g/mol. The predicted molar refractivity (Wildman–Crippen MR) is 97.6 cm³/mol. The molecule has 1 atom stereocenters. The van der Waals surface area contributed by atoms with Gasteiger partial charge >= 0.3 is 0 Å². The predicted octanol–water partition coefficient (Wildman–Crippen LogP) is 2.00. The van der Waals surface area contributed by atoms with Gasteiger partial charge in [0, 0.05) is 32.0 Å². The SMILES string of the molecule is CNC(=O)[C@H](Cc1ccc([N+](=O)[O-])cc1)NC(=O)CCc1ccccc1. The minimum absolute atomic E-state index is 0.0165. The van der Waals surface area contributed by atoms with Crippen molar-refractivity contribution in [3.8, 4) is 0 Å². The van der Waals surface area contributed by atoms with Crippen molar-refractivity contribution in [3.05, 3.63) is 75.8 Å². The van der Waals surface area contributed by atoms with Crippen molar-refractivity contribution in [1.82, 2.24) is 10.6 Å². The Balaban J connectivity index is 1.96. The molecule has 0 saturated carbocycles. The Bertz CT molecular complexity index is 760. The maximum atomic E-state index is 12.2. The van der Waals surface area contributed by atoms with Crippen molar-refractivity contribution >= 4 is 17.5 Å². The summed E-state index contributed by atoms with van der Waals surface area (Å²) < 4.78 is 0. The van der Waals surface area contributed by atoms with Crippen LogP contribution in [0.3, 0.4) is 0 Å². The third-order valence-corrected chi connectivity index (χ3v) is 3.97. The largest absolute Gasteiger partial charge is 0.357 e. The van der Waals surface area contributed by atoms with E-state index in [1.165, 1.54) is 19.2 Å². The van der Waals surface area contributed by atoms with Gasteiger partial charge in [-0.2, -0.15) is 0 Å². The summed E-state index contributed by atoms with van der Waals surface area (Å²) in [5, 5.41) is 16.0. The fourth-order valence-electron chi connectivity index (χ4n) is 2.54. The molecule has 2 aromatic rings. The Morgan fingerprint density at radius 2 is 1.69 bits per heavy atom. The molecule has 0 radical (unpaired) electrons. The summed E-state index contributed by atoms with van der Waals surface area (Å²) >= 11 is 0. The van der Waals surface area contributed by atoms with E-state index in [0.717, 1.165) is 11.1 Å². The number of nitrogens with one attached hydrogen (secondary N) is 2. The van der Waals surface area contributed by atoms with E-state index in [-0.39, 0.29) is 30.3 Å². The Hall–Kier alpha value is -3.22. The summed E-state index contributed by atoms with van der Waals surface area (Å²) in [6.45, 7) is 0. The maximum absolute atomic E-state index is 12.2. The zero-order valence-corrected chi connectivity index (χ0v) is 14.5. The van der Waals surface area contributed by atoms with E-state index < -0.39 is 11.0 Å². The van der Waals surface area contributed by atoms with Gasteiger partial charge in [0.2, 0.25) is 11.8 Å². The molecule has 0 bridgehead atoms. The molecule has 0 aliphatic rings. The highest BCUT2D eigenvalue weighted by atomic mass is 16.6. The van der Waals surface area contributed by atoms with Gasteiger partial charge in [-0.25, -0.2) is 0 Å². The van der Waals surface area contributed by atoms with Gasteiger partial charge in [-0.1, -0.05) is 42.5 Å². The number of rotatable bonds is 8. The molecule has 0 spiro atoms. The van der Waals surface area contributed by atoms with Gasteiger partial charge in [0.05, 0.1) is 4.92 Å². The molecule has 2 N–H and O–H groups in total. The molecule has 0 heterocycles. The lowest BCUT2D eigenvalue weighted by molar-refractivity contribution is -0.384. The normalized spacial score (nSPS) is 11.4. The van der Waals surface area contributed by atoms with Crippen molar-refractivity contribution in [2.75, 3.05) is 7.05 Å². The summed E-state index contributed by atoms with van der Waals surface area (Å²) in [5.41, 5.74) is 1.76. The highest BCUT2D eigenvalue weighted by Crippen LogP contribution is 2.13. The van der Waals surface area contributed by atoms with Crippen LogP contribution in [0.4, 0.5) is 5.69 Å². The van der Waals surface area contributed by atoms with Gasteiger partial charge in [-0.05, 0) is 17.5 Å². The molecule has 0 aliphatic heterocycles. The van der Waals surface area contributed by atoms with E-state index >= 15 is 0 Å². The van der Waals surface area contributed by atoms with Crippen LogP contribution in [0.15, 0.2) is 54.6 Å². The van der Waals surface area contributed by atoms with E-state index in [1.54, 1.807) is 12.1 Å². The van der Waals surface area contributed by atoms with Crippen LogP contribution >= 0.6 is 0 Å². The first-order valence-corrected chi connectivity index (χ1v) is 8.28. The molecule has 0 aliphatic carbocycles. The number of amides is 2. The van der Waals surface area contributed by atoms with E-state index in [2.05, 4.69) is 10.6 Å². The van der Waals surface area contributed by atoms with Crippen LogP contribution in [0, 0.1) is 10.1 Å². The molecule has 136 valence electrons. The number of carbonyl (C=O) groups is 2. The van der Waals surface area contributed by atoms with E-state index in [1.807, 2.05) is 30.3 Å². The van der Waals surface area contributed by atoms with Crippen LogP contribution < -0.4 is 10.6 Å². The molecule has 2 rings (SSSR count). The number of nitro benzene ring substituents is 1. The monoisotopic (exact) mass is 355 g/mol. The Labute approximate surface area is 151 Å². The number of aryl methyl sites for hydroxylation is 1. The maximum Gasteiger partial charge on any atom is 0.269 e. The average molecular weight is 355 g/mol. The number of hydrogen-bond donors (Lipinski definition) is 2. The third kappa shape index (κ3) is 5.70. The average Bonchev–Trinajstić information content (AvgIpc) is 2.66. The van der Waals surface area contributed by atoms with Crippen LogP contribution in [0.5, 0.6) is 0 Å². The molecule has 7 nitrogen and oxygen atoms in total. The van der Waals surface area contributed by atoms with E-state index in [0.29, 0.717) is 6.42 Å². The molecule has 7 heteroatoms. The van der Waals surface area contributed by atoms with Crippen LogP contribution in [-0.4, -0.2) is 29.8 Å². The molecule has 26 heavy (non-hydrogen) atoms. The standard InChI is InChI=1S/C19H21N3O4/c1-20-19(24)17(13-15-7-10-16(11-8-15)22(25)26)21-18(23)12-9-14-5-3-2-4-6-14/h2-8,10-11,17H,9,12-13H2,1H3,(H,20,24)(H,21,23)/t17-/m0/s1. The molecule has 0 fully saturated rings. The Morgan fingerprint density at radius 3 is 2.27 bits per heavy atom. The summed E-state index contributed by atoms with van der Waals surface area (Å²) in [5.74, 6) is -0.527. The molecule has 2 amide bonds. The van der Waals surface area contributed by atoms with Crippen LogP contribution in [-0.2, 0) is 22.4 Å². The van der Waals surface area contributed by atoms with Gasteiger partial charge in [0.25, 0.3) is 5.69 Å². The van der Waals surface area contributed by atoms with Gasteiger partial charge < -0.3 is 10.6 Å². The number of benzene rings is 2. The number of likely N-dealkylation sites (N-methyl/N-ethyl adjacent to an activating group) is 1. The Morgan fingerprint density at radius 1 is 1.04 bits per heavy atom. The second kappa shape index (κ2) is 9.31. The summed E-state index contributed by atoms with van der Waals surface area (Å²) in [6, 6.07) is 14.8. The van der Waals surface area contributed by atoms with Crippen LogP contribution in [0.2, 0.25) is 0 Å². The Kier molecular flexibility index (Phi) is 6.84. The fourth-order valence-corrected chi connectivity index (χ4v) is 2.54. The fraction of sp³-hybridized carbons (Fsp3) is 0.263. The highest BCUT2D eigenvalue weighted by molar-refractivity contribution is 5.87. The van der Waals surface area contributed by atoms with Crippen molar-refractivity contribution < 1.29 is 14.5 Å². The molecule has 2 aromatic carbocycles. The minimum atomic E-state index is -0.732. The minimum Gasteiger partial charge on any atom is -0.357 e. The van der Waals surface area contributed by atoms with Gasteiger partial charge in [0.1, 0.15) is 6.04 Å². The zero-order chi connectivity index (χ0) is 18.9. The van der Waals surface area contributed by atoms with Crippen molar-refractivity contribution in [3.63, 3.8) is 0 Å². The first-order valence-electron chi connectivity index (χ1n) is 8.28. The second-order valence-electron chi connectivity index (χ2n) is 5.85. The molecule has 0 aromatic heterocycles. The molecular formula is C19H21N3O4. The topological polar surface area (TPSA) is 101 Å². The van der Waals surface area contributed by atoms with Crippen molar-refractivity contribution in [2.24, 2.45) is 0 Å². The van der Waals surface area contributed by atoms with Crippen LogP contribution in [0.1, 0.15) is 17.5 Å². The van der Waals surface area contributed by atoms with E-state index in [4.69, 9.17) is 0 Å². The number of hydrogen-bond acceptors (Lipinski definition) is 4. The number of nitrogens with zero attached hydrogens (tertiary/aromatic N) is 1. The number of non-ortho nitro benzene ring substituents is 1. The highest BCUT2D eigenvalue weighted by Gasteiger charge is 2.20.